The van der Waals surface area contributed by atoms with Gasteiger partial charge < -0.3 is 14.6 Å². The van der Waals surface area contributed by atoms with Crippen LogP contribution in [0.1, 0.15) is 32.6 Å². The van der Waals surface area contributed by atoms with E-state index in [0.717, 1.165) is 27.6 Å². The largest absolute Gasteiger partial charge is 0.467 e. The molecular formula is C27H24N2O3. The average Bonchev–Trinajstić information content (AvgIpc) is 3.31. The molecule has 5 nitrogen and oxygen atoms in total. The first-order valence-corrected chi connectivity index (χ1v) is 10.6. The minimum Gasteiger partial charge on any atom is -0.467 e. The number of hydrogen-bond donors (Lipinski definition) is 1. The number of esters is 1. The number of hydrogen-bond acceptors (Lipinski definition) is 4. The zero-order valence-electron chi connectivity index (χ0n) is 18.3. The van der Waals surface area contributed by atoms with Crippen LogP contribution in [0.3, 0.4) is 0 Å². The molecule has 0 spiro atoms. The van der Waals surface area contributed by atoms with Crippen LogP contribution in [-0.4, -0.2) is 23.4 Å². The lowest BCUT2D eigenvalue weighted by Gasteiger charge is -2.25. The first-order chi connectivity index (χ1) is 15.5. The number of para-hydroxylation sites is 1. The molecule has 0 fully saturated rings. The van der Waals surface area contributed by atoms with Gasteiger partial charge in [0.25, 0.3) is 0 Å². The number of carbonyl (C=O) groups excluding carboxylic acids is 2. The van der Waals surface area contributed by atoms with Gasteiger partial charge in [-0.25, -0.2) is 4.79 Å². The number of carbonyl (C=O) groups is 2. The Balaban J connectivity index is 1.73. The van der Waals surface area contributed by atoms with Gasteiger partial charge in [0.2, 0.25) is 11.3 Å². The van der Waals surface area contributed by atoms with Crippen LogP contribution in [0.5, 0.6) is 0 Å². The molecule has 0 saturated carbocycles. The summed E-state index contributed by atoms with van der Waals surface area (Å²) in [4.78, 5) is 27.1. The lowest BCUT2D eigenvalue weighted by Crippen LogP contribution is -2.47. The molecule has 5 heteroatoms. The van der Waals surface area contributed by atoms with E-state index in [-0.39, 0.29) is 5.78 Å². The van der Waals surface area contributed by atoms with Crippen LogP contribution in [-0.2, 0) is 21.6 Å². The topological polar surface area (TPSA) is 60.3 Å². The van der Waals surface area contributed by atoms with Gasteiger partial charge in [0, 0.05) is 40.5 Å². The third-order valence-electron chi connectivity index (χ3n) is 6.42. The number of aryl methyl sites for hydroxylation is 2. The highest BCUT2D eigenvalue weighted by atomic mass is 16.5. The maximum absolute atomic E-state index is 13.8. The lowest BCUT2D eigenvalue weighted by molar-refractivity contribution is -0.144. The summed E-state index contributed by atoms with van der Waals surface area (Å²) < 4.78 is 7.28. The second kappa shape index (κ2) is 7.38. The molecule has 0 saturated heterocycles. The summed E-state index contributed by atoms with van der Waals surface area (Å²) in [6.07, 6.45) is 1.91. The third kappa shape index (κ3) is 2.85. The predicted octanol–water partition coefficient (Wildman–Crippen LogP) is 4.98. The number of benzene rings is 3. The number of methoxy groups -OCH3 is 1. The first kappa shape index (κ1) is 20.1. The van der Waals surface area contributed by atoms with E-state index in [9.17, 15) is 9.59 Å². The molecule has 1 N–H and O–H groups in total. The van der Waals surface area contributed by atoms with Gasteiger partial charge in [-0.2, -0.15) is 0 Å². The fourth-order valence-electron chi connectivity index (χ4n) is 4.62. The van der Waals surface area contributed by atoms with Crippen LogP contribution in [0, 0.1) is 13.8 Å². The second-order valence-corrected chi connectivity index (χ2v) is 8.35. The van der Waals surface area contributed by atoms with Crippen molar-refractivity contribution in [3.05, 3.63) is 101 Å². The molecule has 0 aliphatic carbocycles. The van der Waals surface area contributed by atoms with Crippen LogP contribution in [0.25, 0.3) is 10.9 Å². The van der Waals surface area contributed by atoms with Crippen LogP contribution < -0.4 is 5.32 Å². The van der Waals surface area contributed by atoms with Gasteiger partial charge in [-0.3, -0.25) is 4.79 Å². The molecule has 1 atom stereocenters. The summed E-state index contributed by atoms with van der Waals surface area (Å²) in [5.74, 6) is -0.901. The van der Waals surface area contributed by atoms with E-state index in [1.807, 2.05) is 74.6 Å². The first-order valence-electron chi connectivity index (χ1n) is 10.6. The van der Waals surface area contributed by atoms with Crippen molar-refractivity contribution >= 4 is 28.3 Å². The minimum absolute atomic E-state index is 0.287. The number of ketones is 1. The van der Waals surface area contributed by atoms with E-state index >= 15 is 0 Å². The molecule has 160 valence electrons. The van der Waals surface area contributed by atoms with Crippen molar-refractivity contribution in [2.24, 2.45) is 0 Å². The monoisotopic (exact) mass is 424 g/mol. The summed E-state index contributed by atoms with van der Waals surface area (Å²) in [6.45, 7) is 4.58. The van der Waals surface area contributed by atoms with Crippen LogP contribution in [0.15, 0.2) is 72.9 Å². The van der Waals surface area contributed by atoms with Crippen LogP contribution in [0.2, 0.25) is 0 Å². The Morgan fingerprint density at radius 2 is 1.69 bits per heavy atom. The number of rotatable bonds is 4. The molecule has 5 rings (SSSR count). The van der Waals surface area contributed by atoms with Gasteiger partial charge in [0.1, 0.15) is 0 Å². The highest BCUT2D eigenvalue weighted by Crippen LogP contribution is 2.44. The summed E-state index contributed by atoms with van der Waals surface area (Å²) in [5, 5.41) is 4.11. The van der Waals surface area contributed by atoms with Gasteiger partial charge in [-0.15, -0.1) is 0 Å². The Labute approximate surface area is 186 Å². The van der Waals surface area contributed by atoms with E-state index in [1.54, 1.807) is 0 Å². The van der Waals surface area contributed by atoms with Crippen molar-refractivity contribution in [1.82, 2.24) is 4.57 Å². The van der Waals surface area contributed by atoms with E-state index in [1.165, 1.54) is 7.11 Å². The smallest absolute Gasteiger partial charge is 0.344 e. The fourth-order valence-corrected chi connectivity index (χ4v) is 4.62. The number of nitrogens with one attached hydrogen (secondary N) is 1. The highest BCUT2D eigenvalue weighted by molar-refractivity contribution is 6.26. The molecular weight excluding hydrogens is 400 g/mol. The minimum atomic E-state index is -1.63. The molecule has 32 heavy (non-hydrogen) atoms. The lowest BCUT2D eigenvalue weighted by atomic mass is 9.85. The number of aromatic nitrogens is 1. The molecule has 3 aromatic carbocycles. The van der Waals surface area contributed by atoms with E-state index in [2.05, 4.69) is 22.0 Å². The summed E-state index contributed by atoms with van der Waals surface area (Å²) >= 11 is 0. The van der Waals surface area contributed by atoms with Crippen LogP contribution >= 0.6 is 0 Å². The third-order valence-corrected chi connectivity index (χ3v) is 6.42. The van der Waals surface area contributed by atoms with Crippen molar-refractivity contribution in [3.63, 3.8) is 0 Å². The summed E-state index contributed by atoms with van der Waals surface area (Å²) in [6, 6.07) is 21.7. The Morgan fingerprint density at radius 3 is 2.44 bits per heavy atom. The van der Waals surface area contributed by atoms with Gasteiger partial charge >= 0.3 is 5.97 Å². The molecule has 2 heterocycles. The quantitative estimate of drug-likeness (QED) is 0.371. The van der Waals surface area contributed by atoms with Crippen LogP contribution in [0.4, 0.5) is 5.69 Å². The number of fused-ring (bicyclic) bond motifs is 2. The van der Waals surface area contributed by atoms with E-state index < -0.39 is 11.5 Å². The van der Waals surface area contributed by atoms with Crippen molar-refractivity contribution in [2.45, 2.75) is 25.9 Å². The predicted molar refractivity (Wildman–Crippen MR) is 125 cm³/mol. The zero-order chi connectivity index (χ0) is 22.5. The van der Waals surface area contributed by atoms with Crippen molar-refractivity contribution < 1.29 is 14.3 Å². The van der Waals surface area contributed by atoms with E-state index in [4.69, 9.17) is 4.74 Å². The van der Waals surface area contributed by atoms with Gasteiger partial charge in [0.15, 0.2) is 0 Å². The number of anilines is 1. The number of Topliss-reactive ketones (excluding diaryl/α,β-unsaturated/α-hetero) is 1. The second-order valence-electron chi connectivity index (χ2n) is 8.35. The van der Waals surface area contributed by atoms with Gasteiger partial charge in [-0.05, 0) is 48.7 Å². The molecule has 1 aliphatic heterocycles. The Bertz CT molecular complexity index is 1370. The van der Waals surface area contributed by atoms with Gasteiger partial charge in [0.05, 0.1) is 7.11 Å². The Morgan fingerprint density at radius 1 is 1.00 bits per heavy atom. The summed E-state index contributed by atoms with van der Waals surface area (Å²) in [7, 11) is 1.32. The highest BCUT2D eigenvalue weighted by Gasteiger charge is 2.55. The SMILES string of the molecule is COC(=O)C1(c2cn(Cc3ccccc3)c3ccccc23)Nc2cc(C)c(C)cc2C1=O. The molecule has 0 radical (unpaired) electrons. The van der Waals surface area contributed by atoms with Gasteiger partial charge in [-0.1, -0.05) is 48.5 Å². The average molecular weight is 425 g/mol. The van der Waals surface area contributed by atoms with Crippen molar-refractivity contribution in [1.29, 1.82) is 0 Å². The molecule has 4 aromatic rings. The maximum atomic E-state index is 13.8. The summed E-state index contributed by atoms with van der Waals surface area (Å²) in [5.41, 5.74) is 4.29. The fraction of sp³-hybridized carbons (Fsp3) is 0.185. The maximum Gasteiger partial charge on any atom is 0.344 e. The normalized spacial score (nSPS) is 17.3. The van der Waals surface area contributed by atoms with E-state index in [0.29, 0.717) is 23.4 Å². The molecule has 0 bridgehead atoms. The van der Waals surface area contributed by atoms with Crippen molar-refractivity contribution in [3.8, 4) is 0 Å². The molecule has 0 amide bonds. The number of ether oxygens (including phenoxy) is 1. The Kier molecular flexibility index (Phi) is 4.63. The Hall–Kier alpha value is -3.86. The molecule has 1 aliphatic rings. The zero-order valence-corrected chi connectivity index (χ0v) is 18.3. The van der Waals surface area contributed by atoms with Crippen molar-refractivity contribution in [2.75, 3.05) is 12.4 Å². The molecule has 1 aromatic heterocycles. The standard InChI is InChI=1S/C27H24N2O3/c1-17-13-21-23(14-18(17)2)28-27(25(21)30,26(31)32-3)22-16-29(15-19-9-5-4-6-10-19)24-12-8-7-11-20(22)24/h4-14,16,28H,15H2,1-3H3. The molecule has 1 unspecified atom stereocenters. The number of nitrogens with zero attached hydrogens (tertiary/aromatic N) is 1.